The molecular weight excluding hydrogens is 156 g/mol. The van der Waals surface area contributed by atoms with Gasteiger partial charge in [-0.15, -0.1) is 0 Å². The predicted molar refractivity (Wildman–Crippen MR) is 53.9 cm³/mol. The maximum atomic E-state index is 3.36. The molecule has 0 aromatic heterocycles. The van der Waals surface area contributed by atoms with E-state index in [1.54, 1.807) is 0 Å². The molecule has 0 aromatic carbocycles. The molecule has 0 aliphatic heterocycles. The van der Waals surface area contributed by atoms with Crippen molar-refractivity contribution in [2.45, 2.75) is 12.8 Å². The van der Waals surface area contributed by atoms with Crippen LogP contribution < -0.4 is 0 Å². The molecule has 1 atom stereocenters. The molecule has 0 spiro atoms. The van der Waals surface area contributed by atoms with Crippen LogP contribution in [0.15, 0.2) is 53.2 Å². The number of hydrogen-bond acceptors (Lipinski definition) is 0. The van der Waals surface area contributed by atoms with Gasteiger partial charge in [-0.2, -0.15) is 0 Å². The number of rotatable bonds is 0. The van der Waals surface area contributed by atoms with E-state index < -0.39 is 0 Å². The molecule has 63 valence electrons. The molecule has 0 amide bonds. The van der Waals surface area contributed by atoms with E-state index in [2.05, 4.69) is 42.5 Å². The quantitative estimate of drug-likeness (QED) is 0.520. The van der Waals surface area contributed by atoms with Gasteiger partial charge in [-0.1, -0.05) is 36.5 Å². The molecule has 0 saturated heterocycles. The summed E-state index contributed by atoms with van der Waals surface area (Å²) in [5, 5.41) is 0. The Morgan fingerprint density at radius 1 is 1.38 bits per heavy atom. The monoisotopic (exact) mass is 167 g/mol. The molecule has 0 heteroatoms. The molecule has 1 unspecified atom stereocenters. The standard InChI is InChI=1S/C13H11/c1-2-6-12-10(4-1)8-9-11-5-3-7-13(11)12/h2-3,5-8,13H,1,4H2. The van der Waals surface area contributed by atoms with Crippen molar-refractivity contribution in [2.24, 2.45) is 5.92 Å². The lowest BCUT2D eigenvalue weighted by Gasteiger charge is -2.23. The first-order chi connectivity index (χ1) is 6.45. The Morgan fingerprint density at radius 3 is 3.38 bits per heavy atom. The summed E-state index contributed by atoms with van der Waals surface area (Å²) in [5.41, 5.74) is 4.30. The highest BCUT2D eigenvalue weighted by atomic mass is 14.3. The fraction of sp³-hybridized carbons (Fsp3) is 0.231. The van der Waals surface area contributed by atoms with Crippen LogP contribution in [0.4, 0.5) is 0 Å². The molecule has 0 heterocycles. The van der Waals surface area contributed by atoms with Crippen LogP contribution in [-0.2, 0) is 0 Å². The van der Waals surface area contributed by atoms with Crippen molar-refractivity contribution < 1.29 is 0 Å². The van der Waals surface area contributed by atoms with E-state index in [1.807, 2.05) is 0 Å². The minimum absolute atomic E-state index is 0.511. The van der Waals surface area contributed by atoms with Crippen LogP contribution in [0.2, 0.25) is 0 Å². The van der Waals surface area contributed by atoms with Gasteiger partial charge in [-0.3, -0.25) is 0 Å². The summed E-state index contributed by atoms with van der Waals surface area (Å²) in [6.07, 6.45) is 19.0. The third-order valence-electron chi connectivity index (χ3n) is 2.91. The zero-order chi connectivity index (χ0) is 8.67. The van der Waals surface area contributed by atoms with Gasteiger partial charge in [-0.05, 0) is 35.6 Å². The molecule has 1 radical (unpaired) electrons. The number of allylic oxidation sites excluding steroid dienone is 10. The summed E-state index contributed by atoms with van der Waals surface area (Å²) in [7, 11) is 0. The SMILES string of the molecule is [C]1=CC2=C(C=CCC2)C2C=CC=C12. The molecule has 3 rings (SSSR count). The average Bonchev–Trinajstić information content (AvgIpc) is 2.65. The van der Waals surface area contributed by atoms with Crippen molar-refractivity contribution in [2.75, 3.05) is 0 Å². The number of fused-ring (bicyclic) bond motifs is 2. The van der Waals surface area contributed by atoms with E-state index in [9.17, 15) is 0 Å². The summed E-state index contributed by atoms with van der Waals surface area (Å²) in [5.74, 6) is 0.511. The Hall–Kier alpha value is -1.30. The lowest BCUT2D eigenvalue weighted by atomic mass is 9.81. The summed E-state index contributed by atoms with van der Waals surface area (Å²) >= 11 is 0. The summed E-state index contributed by atoms with van der Waals surface area (Å²) < 4.78 is 0. The zero-order valence-corrected chi connectivity index (χ0v) is 7.46. The van der Waals surface area contributed by atoms with Crippen LogP contribution in [0.25, 0.3) is 0 Å². The summed E-state index contributed by atoms with van der Waals surface area (Å²) in [6.45, 7) is 0. The average molecular weight is 167 g/mol. The highest BCUT2D eigenvalue weighted by molar-refractivity contribution is 5.52. The van der Waals surface area contributed by atoms with Gasteiger partial charge >= 0.3 is 0 Å². The molecule has 0 aromatic rings. The molecule has 3 aliphatic carbocycles. The van der Waals surface area contributed by atoms with Crippen molar-refractivity contribution in [3.05, 3.63) is 59.3 Å². The lowest BCUT2D eigenvalue weighted by molar-refractivity contribution is 0.861. The Bertz CT molecular complexity index is 386. The second-order valence-corrected chi connectivity index (χ2v) is 3.69. The van der Waals surface area contributed by atoms with Gasteiger partial charge in [0.2, 0.25) is 0 Å². The summed E-state index contributed by atoms with van der Waals surface area (Å²) in [4.78, 5) is 0. The van der Waals surface area contributed by atoms with Crippen LogP contribution in [0.1, 0.15) is 12.8 Å². The van der Waals surface area contributed by atoms with E-state index in [0.29, 0.717) is 5.92 Å². The second-order valence-electron chi connectivity index (χ2n) is 3.69. The molecule has 0 fully saturated rings. The van der Waals surface area contributed by atoms with Crippen molar-refractivity contribution >= 4 is 0 Å². The van der Waals surface area contributed by atoms with Gasteiger partial charge < -0.3 is 0 Å². The summed E-state index contributed by atoms with van der Waals surface area (Å²) in [6, 6.07) is 0. The van der Waals surface area contributed by atoms with Crippen molar-refractivity contribution in [1.29, 1.82) is 0 Å². The van der Waals surface area contributed by atoms with E-state index in [4.69, 9.17) is 0 Å². The molecule has 3 aliphatic rings. The van der Waals surface area contributed by atoms with Gasteiger partial charge in [0.1, 0.15) is 0 Å². The van der Waals surface area contributed by atoms with Crippen LogP contribution in [0.5, 0.6) is 0 Å². The minimum atomic E-state index is 0.511. The lowest BCUT2D eigenvalue weighted by Crippen LogP contribution is -2.08. The zero-order valence-electron chi connectivity index (χ0n) is 7.46. The van der Waals surface area contributed by atoms with Crippen LogP contribution >= 0.6 is 0 Å². The van der Waals surface area contributed by atoms with Crippen molar-refractivity contribution in [1.82, 2.24) is 0 Å². The van der Waals surface area contributed by atoms with E-state index in [0.717, 1.165) is 0 Å². The normalized spacial score (nSPS) is 28.9. The van der Waals surface area contributed by atoms with Gasteiger partial charge in [0, 0.05) is 5.92 Å². The van der Waals surface area contributed by atoms with Crippen LogP contribution in [0, 0.1) is 12.0 Å². The Kier molecular flexibility index (Phi) is 1.42. The van der Waals surface area contributed by atoms with Gasteiger partial charge in [0.15, 0.2) is 0 Å². The highest BCUT2D eigenvalue weighted by Crippen LogP contribution is 2.37. The topological polar surface area (TPSA) is 0 Å². The van der Waals surface area contributed by atoms with Gasteiger partial charge in [0.05, 0.1) is 0 Å². The molecule has 0 bridgehead atoms. The first kappa shape index (κ1) is 7.14. The molecule has 0 saturated carbocycles. The first-order valence-electron chi connectivity index (χ1n) is 4.83. The number of hydrogen-bond donors (Lipinski definition) is 0. The largest absolute Gasteiger partial charge is 0.0839 e. The molecule has 0 nitrogen and oxygen atoms in total. The van der Waals surface area contributed by atoms with Crippen LogP contribution in [0.3, 0.4) is 0 Å². The Labute approximate surface area is 78.7 Å². The van der Waals surface area contributed by atoms with Crippen molar-refractivity contribution in [3.63, 3.8) is 0 Å². The molecule has 0 N–H and O–H groups in total. The molecule has 13 heavy (non-hydrogen) atoms. The molecular formula is C13H11. The highest BCUT2D eigenvalue weighted by Gasteiger charge is 2.22. The predicted octanol–water partition coefficient (Wildman–Crippen LogP) is 3.12. The third-order valence-corrected chi connectivity index (χ3v) is 2.91. The maximum Gasteiger partial charge on any atom is 0.0281 e. The van der Waals surface area contributed by atoms with E-state index in [-0.39, 0.29) is 0 Å². The van der Waals surface area contributed by atoms with E-state index >= 15 is 0 Å². The van der Waals surface area contributed by atoms with Gasteiger partial charge in [0.25, 0.3) is 0 Å². The smallest absolute Gasteiger partial charge is 0.0281 e. The van der Waals surface area contributed by atoms with E-state index in [1.165, 1.54) is 29.6 Å². The minimum Gasteiger partial charge on any atom is -0.0839 e. The third kappa shape index (κ3) is 0.983. The Morgan fingerprint density at radius 2 is 2.38 bits per heavy atom. The van der Waals surface area contributed by atoms with Gasteiger partial charge in [-0.25, -0.2) is 0 Å². The first-order valence-corrected chi connectivity index (χ1v) is 4.83. The fourth-order valence-electron chi connectivity index (χ4n) is 2.22. The fourth-order valence-corrected chi connectivity index (χ4v) is 2.22. The van der Waals surface area contributed by atoms with Crippen LogP contribution in [-0.4, -0.2) is 0 Å². The van der Waals surface area contributed by atoms with Crippen molar-refractivity contribution in [3.8, 4) is 0 Å². The second kappa shape index (κ2) is 2.59. The Balaban J connectivity index is 2.12. The maximum absolute atomic E-state index is 3.36.